The fourth-order valence-electron chi connectivity index (χ4n) is 2.73. The van der Waals surface area contributed by atoms with Gasteiger partial charge in [0.25, 0.3) is 5.91 Å². The van der Waals surface area contributed by atoms with Crippen molar-refractivity contribution in [2.24, 2.45) is 0 Å². The summed E-state index contributed by atoms with van der Waals surface area (Å²) in [5.41, 5.74) is 2.32. The third kappa shape index (κ3) is 7.40. The average Bonchev–Trinajstić information content (AvgIpc) is 2.69. The van der Waals surface area contributed by atoms with Gasteiger partial charge in [-0.3, -0.25) is 9.59 Å². The molecule has 0 bridgehead atoms. The highest BCUT2D eigenvalue weighted by molar-refractivity contribution is 6.03. The Morgan fingerprint density at radius 2 is 1.84 bits per heavy atom. The molecule has 166 valence electrons. The first-order valence-electron chi connectivity index (χ1n) is 9.81. The van der Waals surface area contributed by atoms with Crippen LogP contribution in [-0.4, -0.2) is 31.1 Å². The second kappa shape index (κ2) is 11.1. The van der Waals surface area contributed by atoms with E-state index < -0.39 is 12.5 Å². The predicted octanol–water partition coefficient (Wildman–Crippen LogP) is 4.79. The maximum Gasteiger partial charge on any atom is 0.387 e. The van der Waals surface area contributed by atoms with Crippen LogP contribution in [0.1, 0.15) is 42.3 Å². The number of carbonyl (C=O) groups excluding carboxylic acids is 2. The average molecular weight is 432 g/mol. The number of halogens is 2. The number of nitrogens with one attached hydrogen (secondary N) is 2. The Morgan fingerprint density at radius 3 is 2.48 bits per heavy atom. The topological polar surface area (TPSA) is 76.7 Å². The Morgan fingerprint density at radius 1 is 1.10 bits per heavy atom. The highest BCUT2D eigenvalue weighted by Crippen LogP contribution is 2.30. The number of hydrogen-bond donors (Lipinski definition) is 2. The summed E-state index contributed by atoms with van der Waals surface area (Å²) >= 11 is 0. The zero-order chi connectivity index (χ0) is 23.0. The first kappa shape index (κ1) is 23.9. The van der Waals surface area contributed by atoms with Gasteiger partial charge in [0.2, 0.25) is 5.91 Å². The van der Waals surface area contributed by atoms with E-state index in [1.165, 1.54) is 30.4 Å². The van der Waals surface area contributed by atoms with Gasteiger partial charge in [0, 0.05) is 23.4 Å². The molecular weight excluding hydrogens is 406 g/mol. The van der Waals surface area contributed by atoms with Gasteiger partial charge < -0.3 is 20.1 Å². The van der Waals surface area contributed by atoms with Crippen molar-refractivity contribution in [1.29, 1.82) is 0 Å². The second-order valence-corrected chi connectivity index (χ2v) is 7.00. The van der Waals surface area contributed by atoms with E-state index in [-0.39, 0.29) is 30.1 Å². The van der Waals surface area contributed by atoms with Crippen LogP contribution in [0.5, 0.6) is 11.5 Å². The molecule has 0 spiro atoms. The van der Waals surface area contributed by atoms with Gasteiger partial charge in [0.05, 0.1) is 6.61 Å². The number of benzene rings is 2. The van der Waals surface area contributed by atoms with Crippen molar-refractivity contribution in [3.63, 3.8) is 0 Å². The molecule has 2 rings (SSSR count). The quantitative estimate of drug-likeness (QED) is 0.559. The summed E-state index contributed by atoms with van der Waals surface area (Å²) in [4.78, 5) is 24.6. The van der Waals surface area contributed by atoms with Crippen molar-refractivity contribution < 1.29 is 27.8 Å². The van der Waals surface area contributed by atoms with Gasteiger partial charge >= 0.3 is 6.61 Å². The smallest absolute Gasteiger partial charge is 0.387 e. The van der Waals surface area contributed by atoms with Crippen molar-refractivity contribution in [3.05, 3.63) is 59.2 Å². The van der Waals surface area contributed by atoms with Crippen molar-refractivity contribution in [2.45, 2.75) is 40.3 Å². The summed E-state index contributed by atoms with van der Waals surface area (Å²) < 4.78 is 34.7. The Hall–Kier alpha value is -3.42. The van der Waals surface area contributed by atoms with E-state index in [1.807, 2.05) is 20.8 Å². The number of ether oxygens (including phenoxy) is 2. The van der Waals surface area contributed by atoms with Crippen molar-refractivity contribution >= 4 is 23.6 Å². The molecule has 0 fully saturated rings. The fourth-order valence-corrected chi connectivity index (χ4v) is 2.73. The van der Waals surface area contributed by atoms with Gasteiger partial charge in [-0.25, -0.2) is 0 Å². The maximum atomic E-state index is 12.5. The SMILES string of the molecule is CCOc1cc(C=CC(=O)Nc2ccc(C)c(C(=O)NC(C)C)c2)ccc1OC(F)F. The minimum absolute atomic E-state index is 0.00728. The number of hydrogen-bond acceptors (Lipinski definition) is 4. The molecule has 0 aliphatic rings. The summed E-state index contributed by atoms with van der Waals surface area (Å²) in [7, 11) is 0. The molecular formula is C23H26F2N2O4. The lowest BCUT2D eigenvalue weighted by molar-refractivity contribution is -0.111. The van der Waals surface area contributed by atoms with Crippen LogP contribution in [0.15, 0.2) is 42.5 Å². The minimum Gasteiger partial charge on any atom is -0.490 e. The molecule has 0 saturated heterocycles. The van der Waals surface area contributed by atoms with Gasteiger partial charge in [-0.15, -0.1) is 0 Å². The summed E-state index contributed by atoms with van der Waals surface area (Å²) in [6.45, 7) is 4.58. The molecule has 0 aliphatic carbocycles. The van der Waals surface area contributed by atoms with E-state index in [0.717, 1.165) is 5.56 Å². The number of aryl methyl sites for hydroxylation is 1. The molecule has 31 heavy (non-hydrogen) atoms. The molecule has 2 aromatic rings. The predicted molar refractivity (Wildman–Crippen MR) is 116 cm³/mol. The second-order valence-electron chi connectivity index (χ2n) is 7.00. The molecule has 6 nitrogen and oxygen atoms in total. The van der Waals surface area contributed by atoms with E-state index >= 15 is 0 Å². The lowest BCUT2D eigenvalue weighted by Gasteiger charge is -2.12. The molecule has 0 aliphatic heterocycles. The van der Waals surface area contributed by atoms with Gasteiger partial charge in [-0.2, -0.15) is 8.78 Å². The molecule has 0 aromatic heterocycles. The van der Waals surface area contributed by atoms with Crippen LogP contribution >= 0.6 is 0 Å². The molecule has 2 N–H and O–H groups in total. The third-order valence-electron chi connectivity index (χ3n) is 4.08. The van der Waals surface area contributed by atoms with Crippen LogP contribution in [0, 0.1) is 6.92 Å². The molecule has 8 heteroatoms. The number of alkyl halides is 2. The highest BCUT2D eigenvalue weighted by atomic mass is 19.3. The van der Waals surface area contributed by atoms with Gasteiger partial charge in [0.15, 0.2) is 11.5 Å². The number of carbonyl (C=O) groups is 2. The summed E-state index contributed by atoms with van der Waals surface area (Å²) in [6.07, 6.45) is 2.82. The van der Waals surface area contributed by atoms with E-state index in [9.17, 15) is 18.4 Å². The number of anilines is 1. The van der Waals surface area contributed by atoms with Crippen molar-refractivity contribution in [1.82, 2.24) is 5.32 Å². The minimum atomic E-state index is -2.96. The first-order valence-corrected chi connectivity index (χ1v) is 9.81. The lowest BCUT2D eigenvalue weighted by Crippen LogP contribution is -2.30. The normalized spacial score (nSPS) is 11.1. The van der Waals surface area contributed by atoms with Crippen LogP contribution in [0.4, 0.5) is 14.5 Å². The summed E-state index contributed by atoms with van der Waals surface area (Å²) in [5.74, 6) is -0.548. The van der Waals surface area contributed by atoms with Gasteiger partial charge in [0.1, 0.15) is 0 Å². The standard InChI is InChI=1S/C23H26F2N2O4/c1-5-30-20-12-16(7-10-19(20)31-23(24)25)8-11-21(28)27-17-9-6-15(4)18(13-17)22(29)26-14(2)3/h6-14,23H,5H2,1-4H3,(H,26,29)(H,27,28). The first-order chi connectivity index (χ1) is 14.7. The van der Waals surface area contributed by atoms with E-state index in [2.05, 4.69) is 15.4 Å². The Labute approximate surface area is 180 Å². The molecule has 2 aromatic carbocycles. The van der Waals surface area contributed by atoms with Crippen molar-refractivity contribution in [3.8, 4) is 11.5 Å². The van der Waals surface area contributed by atoms with E-state index in [4.69, 9.17) is 4.74 Å². The molecule has 0 heterocycles. The zero-order valence-electron chi connectivity index (χ0n) is 17.9. The van der Waals surface area contributed by atoms with Crippen LogP contribution in [-0.2, 0) is 4.79 Å². The Bertz CT molecular complexity index is 959. The molecule has 0 radical (unpaired) electrons. The molecule has 0 unspecified atom stereocenters. The third-order valence-corrected chi connectivity index (χ3v) is 4.08. The molecule has 0 atom stereocenters. The van der Waals surface area contributed by atoms with Crippen LogP contribution < -0.4 is 20.1 Å². The van der Waals surface area contributed by atoms with E-state index in [1.54, 1.807) is 25.1 Å². The Balaban J connectivity index is 2.12. The largest absolute Gasteiger partial charge is 0.490 e. The molecule has 2 amide bonds. The van der Waals surface area contributed by atoms with Crippen LogP contribution in [0.3, 0.4) is 0 Å². The van der Waals surface area contributed by atoms with Crippen LogP contribution in [0.2, 0.25) is 0 Å². The van der Waals surface area contributed by atoms with Crippen molar-refractivity contribution in [2.75, 3.05) is 11.9 Å². The maximum absolute atomic E-state index is 12.5. The summed E-state index contributed by atoms with van der Waals surface area (Å²) in [5, 5.41) is 5.53. The lowest BCUT2D eigenvalue weighted by atomic mass is 10.1. The van der Waals surface area contributed by atoms with E-state index in [0.29, 0.717) is 16.8 Å². The zero-order valence-corrected chi connectivity index (χ0v) is 17.9. The van der Waals surface area contributed by atoms with Crippen LogP contribution in [0.25, 0.3) is 6.08 Å². The van der Waals surface area contributed by atoms with Gasteiger partial charge in [-0.1, -0.05) is 12.1 Å². The summed E-state index contributed by atoms with van der Waals surface area (Å²) in [6, 6.07) is 9.46. The number of amides is 2. The fraction of sp³-hybridized carbons (Fsp3) is 0.304. The highest BCUT2D eigenvalue weighted by Gasteiger charge is 2.13. The Kier molecular flexibility index (Phi) is 8.54. The monoisotopic (exact) mass is 432 g/mol. The molecule has 0 saturated carbocycles. The number of rotatable bonds is 9. The van der Waals surface area contributed by atoms with Gasteiger partial charge in [-0.05, 0) is 69.2 Å².